The number of ether oxygens (including phenoxy) is 1. The van der Waals surface area contributed by atoms with Crippen LogP contribution in [0.3, 0.4) is 0 Å². The summed E-state index contributed by atoms with van der Waals surface area (Å²) in [4.78, 5) is 11.7. The van der Waals surface area contributed by atoms with Gasteiger partial charge in [-0.05, 0) is 35.4 Å². The van der Waals surface area contributed by atoms with Gasteiger partial charge in [0.1, 0.15) is 5.75 Å². The number of carbonyl (C=O) groups excluding carboxylic acids is 1. The van der Waals surface area contributed by atoms with Gasteiger partial charge in [-0.15, -0.1) is 11.8 Å². The van der Waals surface area contributed by atoms with E-state index >= 15 is 0 Å². The molecule has 6 heteroatoms. The van der Waals surface area contributed by atoms with E-state index in [4.69, 9.17) is 4.74 Å². The van der Waals surface area contributed by atoms with E-state index in [1.807, 2.05) is 48.5 Å². The minimum Gasteiger partial charge on any atom is -0.497 e. The minimum atomic E-state index is -0.121. The van der Waals surface area contributed by atoms with Crippen molar-refractivity contribution in [3.05, 3.63) is 64.1 Å². The molecular formula is C17H17BrN2O2S. The molecule has 0 saturated carbocycles. The molecule has 23 heavy (non-hydrogen) atoms. The fourth-order valence-corrected chi connectivity index (χ4v) is 3.04. The second-order valence-corrected chi connectivity index (χ2v) is 6.59. The summed E-state index contributed by atoms with van der Waals surface area (Å²) in [6, 6.07) is 15.5. The molecule has 0 aliphatic rings. The molecule has 0 spiro atoms. The van der Waals surface area contributed by atoms with Crippen molar-refractivity contribution in [1.29, 1.82) is 0 Å². The minimum absolute atomic E-state index is 0.121. The predicted octanol–water partition coefficient (Wildman–Crippen LogP) is 3.84. The Kier molecular flexibility index (Phi) is 7.16. The van der Waals surface area contributed by atoms with E-state index < -0.39 is 0 Å². The van der Waals surface area contributed by atoms with Gasteiger partial charge in [0.25, 0.3) is 0 Å². The van der Waals surface area contributed by atoms with Crippen LogP contribution in [-0.4, -0.2) is 25.0 Å². The first-order chi connectivity index (χ1) is 11.2. The number of halogens is 1. The molecule has 0 unspecified atom stereocenters. The second-order valence-electron chi connectivity index (χ2n) is 4.69. The first kappa shape index (κ1) is 17.6. The number of carbonyl (C=O) groups is 1. The van der Waals surface area contributed by atoms with Crippen LogP contribution in [0.25, 0.3) is 0 Å². The number of nitrogens with one attached hydrogen (secondary N) is 1. The van der Waals surface area contributed by atoms with Crippen molar-refractivity contribution in [3.63, 3.8) is 0 Å². The van der Waals surface area contributed by atoms with Crippen LogP contribution in [0.15, 0.2) is 58.1 Å². The third kappa shape index (κ3) is 6.46. The van der Waals surface area contributed by atoms with Gasteiger partial charge >= 0.3 is 0 Å². The Labute approximate surface area is 148 Å². The van der Waals surface area contributed by atoms with Crippen LogP contribution in [0.5, 0.6) is 5.75 Å². The first-order valence-electron chi connectivity index (χ1n) is 6.95. The van der Waals surface area contributed by atoms with E-state index in [2.05, 4.69) is 26.5 Å². The largest absolute Gasteiger partial charge is 0.497 e. The lowest BCUT2D eigenvalue weighted by molar-refractivity contribution is -0.118. The number of amides is 1. The summed E-state index contributed by atoms with van der Waals surface area (Å²) in [5, 5.41) is 3.96. The van der Waals surface area contributed by atoms with Gasteiger partial charge in [0.15, 0.2) is 0 Å². The average Bonchev–Trinajstić information content (AvgIpc) is 2.55. The van der Waals surface area contributed by atoms with Gasteiger partial charge in [0, 0.05) is 10.2 Å². The van der Waals surface area contributed by atoms with E-state index in [1.54, 1.807) is 25.1 Å². The fourth-order valence-electron chi connectivity index (χ4n) is 1.82. The van der Waals surface area contributed by atoms with E-state index in [9.17, 15) is 4.79 Å². The molecule has 2 aromatic carbocycles. The number of nitrogens with zero attached hydrogens (tertiary/aromatic N) is 1. The molecule has 0 atom stereocenters. The quantitative estimate of drug-likeness (QED) is 0.575. The van der Waals surface area contributed by atoms with Gasteiger partial charge < -0.3 is 4.74 Å². The average molecular weight is 393 g/mol. The smallest absolute Gasteiger partial charge is 0.250 e. The summed E-state index contributed by atoms with van der Waals surface area (Å²) < 4.78 is 6.17. The Morgan fingerprint density at radius 3 is 2.91 bits per heavy atom. The van der Waals surface area contributed by atoms with E-state index in [1.165, 1.54) is 5.56 Å². The SMILES string of the molecule is COc1cccc(/C=N/NC(=O)CSCc2cccc(Br)c2)c1. The van der Waals surface area contributed by atoms with E-state index in [0.717, 1.165) is 21.5 Å². The van der Waals surface area contributed by atoms with Crippen molar-refractivity contribution in [3.8, 4) is 5.75 Å². The highest BCUT2D eigenvalue weighted by atomic mass is 79.9. The molecule has 0 aromatic heterocycles. The highest BCUT2D eigenvalue weighted by Crippen LogP contribution is 2.16. The third-order valence-corrected chi connectivity index (χ3v) is 4.38. The van der Waals surface area contributed by atoms with Crippen molar-refractivity contribution < 1.29 is 9.53 Å². The topological polar surface area (TPSA) is 50.7 Å². The van der Waals surface area contributed by atoms with Crippen LogP contribution in [0.1, 0.15) is 11.1 Å². The molecule has 0 saturated heterocycles. The summed E-state index contributed by atoms with van der Waals surface area (Å²) >= 11 is 4.98. The van der Waals surface area contributed by atoms with Crippen LogP contribution >= 0.6 is 27.7 Å². The number of rotatable bonds is 7. The molecule has 0 fully saturated rings. The Morgan fingerprint density at radius 2 is 2.13 bits per heavy atom. The van der Waals surface area contributed by atoms with Crippen LogP contribution in [0.4, 0.5) is 0 Å². The summed E-state index contributed by atoms with van der Waals surface area (Å²) in [5.74, 6) is 1.78. The van der Waals surface area contributed by atoms with Crippen molar-refractivity contribution in [1.82, 2.24) is 5.43 Å². The van der Waals surface area contributed by atoms with Gasteiger partial charge in [0.2, 0.25) is 5.91 Å². The molecule has 0 aliphatic heterocycles. The summed E-state index contributed by atoms with van der Waals surface area (Å²) in [6.07, 6.45) is 1.60. The fraction of sp³-hybridized carbons (Fsp3) is 0.176. The number of thioether (sulfide) groups is 1. The summed E-state index contributed by atoms with van der Waals surface area (Å²) in [5.41, 5.74) is 4.57. The van der Waals surface area contributed by atoms with Crippen molar-refractivity contribution in [2.24, 2.45) is 5.10 Å². The normalized spacial score (nSPS) is 10.7. The summed E-state index contributed by atoms with van der Waals surface area (Å²) in [7, 11) is 1.61. The number of hydrazone groups is 1. The maximum atomic E-state index is 11.7. The lowest BCUT2D eigenvalue weighted by Gasteiger charge is -2.02. The Balaban J connectivity index is 1.73. The van der Waals surface area contributed by atoms with E-state index in [-0.39, 0.29) is 5.91 Å². The maximum absolute atomic E-state index is 11.7. The van der Waals surface area contributed by atoms with Gasteiger partial charge in [-0.1, -0.05) is 40.2 Å². The maximum Gasteiger partial charge on any atom is 0.250 e. The molecule has 1 amide bonds. The van der Waals surface area contributed by atoms with Crippen LogP contribution < -0.4 is 10.2 Å². The number of hydrogen-bond donors (Lipinski definition) is 1. The molecule has 2 rings (SSSR count). The first-order valence-corrected chi connectivity index (χ1v) is 8.90. The zero-order valence-corrected chi connectivity index (χ0v) is 15.1. The highest BCUT2D eigenvalue weighted by Gasteiger charge is 2.01. The lowest BCUT2D eigenvalue weighted by atomic mass is 10.2. The molecule has 4 nitrogen and oxygen atoms in total. The van der Waals surface area contributed by atoms with Crippen molar-refractivity contribution in [2.45, 2.75) is 5.75 Å². The van der Waals surface area contributed by atoms with Crippen molar-refractivity contribution in [2.75, 3.05) is 12.9 Å². The van der Waals surface area contributed by atoms with E-state index in [0.29, 0.717) is 5.75 Å². The molecule has 0 heterocycles. The number of methoxy groups -OCH3 is 1. The van der Waals surface area contributed by atoms with Crippen LogP contribution in [0, 0.1) is 0 Å². The van der Waals surface area contributed by atoms with Gasteiger partial charge in [-0.3, -0.25) is 4.79 Å². The molecule has 0 bridgehead atoms. The van der Waals surface area contributed by atoms with Gasteiger partial charge in [-0.2, -0.15) is 5.10 Å². The van der Waals surface area contributed by atoms with Gasteiger partial charge in [-0.25, -0.2) is 5.43 Å². The lowest BCUT2D eigenvalue weighted by Crippen LogP contribution is -2.19. The van der Waals surface area contributed by atoms with Crippen LogP contribution in [0.2, 0.25) is 0 Å². The van der Waals surface area contributed by atoms with Gasteiger partial charge in [0.05, 0.1) is 19.1 Å². The molecule has 120 valence electrons. The molecule has 0 radical (unpaired) electrons. The zero-order valence-electron chi connectivity index (χ0n) is 12.7. The second kappa shape index (κ2) is 9.37. The Morgan fingerprint density at radius 1 is 1.30 bits per heavy atom. The third-order valence-electron chi connectivity index (χ3n) is 2.89. The predicted molar refractivity (Wildman–Crippen MR) is 99.0 cm³/mol. The zero-order chi connectivity index (χ0) is 16.5. The summed E-state index contributed by atoms with van der Waals surface area (Å²) in [6.45, 7) is 0. The van der Waals surface area contributed by atoms with Crippen molar-refractivity contribution >= 4 is 39.8 Å². The molecular weight excluding hydrogens is 376 g/mol. The number of benzene rings is 2. The monoisotopic (exact) mass is 392 g/mol. The Hall–Kier alpha value is -1.79. The standard InChI is InChI=1S/C17H17BrN2O2S/c1-22-16-7-3-4-13(9-16)10-19-20-17(21)12-23-11-14-5-2-6-15(18)8-14/h2-10H,11-12H2,1H3,(H,20,21)/b19-10+. The molecule has 2 aromatic rings. The molecule has 1 N–H and O–H groups in total. The Bertz CT molecular complexity index is 692. The highest BCUT2D eigenvalue weighted by molar-refractivity contribution is 9.10. The number of hydrogen-bond acceptors (Lipinski definition) is 4. The van der Waals surface area contributed by atoms with Crippen LogP contribution in [-0.2, 0) is 10.5 Å². The molecule has 0 aliphatic carbocycles.